The summed E-state index contributed by atoms with van der Waals surface area (Å²) in [4.78, 5) is 7.92. The molecule has 0 radical (unpaired) electrons. The van der Waals surface area contributed by atoms with Gasteiger partial charge in [0.1, 0.15) is 0 Å². The van der Waals surface area contributed by atoms with Crippen molar-refractivity contribution in [1.82, 2.24) is 9.80 Å². The van der Waals surface area contributed by atoms with Crippen LogP contribution in [0.3, 0.4) is 0 Å². The van der Waals surface area contributed by atoms with E-state index in [1.165, 1.54) is 69.7 Å². The Balaban J connectivity index is 1.47. The van der Waals surface area contributed by atoms with Crippen molar-refractivity contribution in [1.29, 1.82) is 0 Å². The normalized spacial score (nSPS) is 24.6. The Morgan fingerprint density at radius 2 is 1.57 bits per heavy atom. The van der Waals surface area contributed by atoms with E-state index in [1.54, 1.807) is 0 Å². The Morgan fingerprint density at radius 1 is 0.870 bits per heavy atom. The summed E-state index contributed by atoms with van der Waals surface area (Å²) in [7, 11) is 0. The lowest BCUT2D eigenvalue weighted by Gasteiger charge is -2.41. The summed E-state index contributed by atoms with van der Waals surface area (Å²) in [5.41, 5.74) is 2.73. The number of benzene rings is 1. The molecule has 0 bridgehead atoms. The van der Waals surface area contributed by atoms with E-state index in [0.29, 0.717) is 6.04 Å². The number of nitrogens with zero attached hydrogens (tertiary/aromatic N) is 3. The highest BCUT2D eigenvalue weighted by Gasteiger charge is 2.24. The third kappa shape index (κ3) is 4.71. The summed E-state index contributed by atoms with van der Waals surface area (Å²) in [5, 5.41) is 0. The first-order chi connectivity index (χ1) is 11.2. The second-order valence-corrected chi connectivity index (χ2v) is 7.42. The van der Waals surface area contributed by atoms with E-state index in [1.807, 2.05) is 0 Å². The molecule has 2 aliphatic heterocycles. The van der Waals surface area contributed by atoms with E-state index in [-0.39, 0.29) is 0 Å². The Labute approximate surface area is 142 Å². The van der Waals surface area contributed by atoms with Gasteiger partial charge in [0.15, 0.2) is 0 Å². The highest BCUT2D eigenvalue weighted by atomic mass is 15.3. The molecule has 1 aromatic rings. The summed E-state index contributed by atoms with van der Waals surface area (Å²) in [6.45, 7) is 13.2. The summed E-state index contributed by atoms with van der Waals surface area (Å²) in [6, 6.07) is 9.65. The van der Waals surface area contributed by atoms with Gasteiger partial charge >= 0.3 is 0 Å². The Bertz CT molecular complexity index is 462. The van der Waals surface area contributed by atoms with Crippen LogP contribution in [0.25, 0.3) is 0 Å². The zero-order valence-electron chi connectivity index (χ0n) is 15.0. The van der Waals surface area contributed by atoms with Gasteiger partial charge < -0.3 is 9.80 Å². The average Bonchev–Trinajstić information content (AvgIpc) is 2.83. The molecule has 2 heterocycles. The second kappa shape index (κ2) is 8.16. The Morgan fingerprint density at radius 3 is 2.22 bits per heavy atom. The first kappa shape index (κ1) is 16.8. The molecule has 128 valence electrons. The fourth-order valence-electron chi connectivity index (χ4n) is 3.95. The van der Waals surface area contributed by atoms with Gasteiger partial charge in [0, 0.05) is 44.5 Å². The zero-order chi connectivity index (χ0) is 16.1. The predicted molar refractivity (Wildman–Crippen MR) is 99.3 cm³/mol. The SMILES string of the molecule is Cc1ccc(N2CCN(CCN3CCCCCC3)C(C)C2)cc1. The van der Waals surface area contributed by atoms with Crippen molar-refractivity contribution < 1.29 is 0 Å². The van der Waals surface area contributed by atoms with Crippen LogP contribution in [0.4, 0.5) is 5.69 Å². The van der Waals surface area contributed by atoms with Gasteiger partial charge in [-0.1, -0.05) is 30.5 Å². The summed E-state index contributed by atoms with van der Waals surface area (Å²) < 4.78 is 0. The maximum absolute atomic E-state index is 2.69. The number of aryl methyl sites for hydroxylation is 1. The molecular formula is C20H33N3. The fraction of sp³-hybridized carbons (Fsp3) is 0.700. The minimum atomic E-state index is 0.650. The molecule has 1 atom stereocenters. The number of hydrogen-bond donors (Lipinski definition) is 0. The van der Waals surface area contributed by atoms with Crippen molar-refractivity contribution in [2.75, 3.05) is 50.7 Å². The van der Waals surface area contributed by atoms with Crippen molar-refractivity contribution in [3.63, 3.8) is 0 Å². The molecule has 3 rings (SSSR count). The molecule has 1 unspecified atom stereocenters. The quantitative estimate of drug-likeness (QED) is 0.843. The molecule has 3 heteroatoms. The average molecular weight is 316 g/mol. The summed E-state index contributed by atoms with van der Waals surface area (Å²) >= 11 is 0. The molecule has 1 aromatic carbocycles. The van der Waals surface area contributed by atoms with Crippen LogP contribution in [-0.4, -0.2) is 61.7 Å². The van der Waals surface area contributed by atoms with Crippen molar-refractivity contribution in [3.05, 3.63) is 29.8 Å². The molecule has 0 spiro atoms. The molecule has 0 N–H and O–H groups in total. The highest BCUT2D eigenvalue weighted by Crippen LogP contribution is 2.20. The summed E-state index contributed by atoms with van der Waals surface area (Å²) in [6.07, 6.45) is 5.66. The first-order valence-corrected chi connectivity index (χ1v) is 9.50. The molecule has 2 aliphatic rings. The molecule has 0 amide bonds. The van der Waals surface area contributed by atoms with E-state index < -0.39 is 0 Å². The monoisotopic (exact) mass is 315 g/mol. The maximum Gasteiger partial charge on any atom is 0.0367 e. The molecule has 2 fully saturated rings. The van der Waals surface area contributed by atoms with Gasteiger partial charge in [-0.15, -0.1) is 0 Å². The van der Waals surface area contributed by atoms with Crippen LogP contribution in [0, 0.1) is 6.92 Å². The van der Waals surface area contributed by atoms with E-state index in [2.05, 4.69) is 52.8 Å². The summed E-state index contributed by atoms with van der Waals surface area (Å²) in [5.74, 6) is 0. The third-order valence-corrected chi connectivity index (χ3v) is 5.57. The molecule has 0 saturated carbocycles. The van der Waals surface area contributed by atoms with Crippen LogP contribution < -0.4 is 4.90 Å². The van der Waals surface area contributed by atoms with Crippen LogP contribution in [-0.2, 0) is 0 Å². The van der Waals surface area contributed by atoms with Gasteiger partial charge in [0.25, 0.3) is 0 Å². The van der Waals surface area contributed by atoms with E-state index in [9.17, 15) is 0 Å². The molecular weight excluding hydrogens is 282 g/mol. The van der Waals surface area contributed by atoms with Crippen molar-refractivity contribution in [2.24, 2.45) is 0 Å². The van der Waals surface area contributed by atoms with Crippen LogP contribution >= 0.6 is 0 Å². The maximum atomic E-state index is 2.69. The standard InChI is InChI=1S/C20H33N3/c1-18-7-9-20(10-8-18)23-16-15-22(19(2)17-23)14-13-21-11-5-3-4-6-12-21/h7-10,19H,3-6,11-17H2,1-2H3. The molecule has 0 aromatic heterocycles. The van der Waals surface area contributed by atoms with Gasteiger partial charge in [-0.25, -0.2) is 0 Å². The van der Waals surface area contributed by atoms with Crippen molar-refractivity contribution in [3.8, 4) is 0 Å². The molecule has 2 saturated heterocycles. The number of rotatable bonds is 4. The van der Waals surface area contributed by atoms with Gasteiger partial charge in [-0.2, -0.15) is 0 Å². The fourth-order valence-corrected chi connectivity index (χ4v) is 3.95. The van der Waals surface area contributed by atoms with Crippen LogP contribution in [0.1, 0.15) is 38.2 Å². The van der Waals surface area contributed by atoms with E-state index >= 15 is 0 Å². The van der Waals surface area contributed by atoms with Gasteiger partial charge in [0.05, 0.1) is 0 Å². The Hall–Kier alpha value is -1.06. The van der Waals surface area contributed by atoms with Crippen LogP contribution in [0.5, 0.6) is 0 Å². The smallest absolute Gasteiger partial charge is 0.0367 e. The lowest BCUT2D eigenvalue weighted by Crippen LogP contribution is -2.53. The van der Waals surface area contributed by atoms with E-state index in [0.717, 1.165) is 13.1 Å². The second-order valence-electron chi connectivity index (χ2n) is 7.42. The van der Waals surface area contributed by atoms with Gasteiger partial charge in [-0.3, -0.25) is 4.90 Å². The number of hydrogen-bond acceptors (Lipinski definition) is 3. The van der Waals surface area contributed by atoms with Gasteiger partial charge in [-0.05, 0) is 51.9 Å². The number of anilines is 1. The minimum absolute atomic E-state index is 0.650. The van der Waals surface area contributed by atoms with Crippen LogP contribution in [0.15, 0.2) is 24.3 Å². The number of piperazine rings is 1. The topological polar surface area (TPSA) is 9.72 Å². The number of likely N-dealkylation sites (tertiary alicyclic amines) is 1. The minimum Gasteiger partial charge on any atom is -0.369 e. The largest absolute Gasteiger partial charge is 0.369 e. The lowest BCUT2D eigenvalue weighted by atomic mass is 10.1. The Kier molecular flexibility index (Phi) is 5.96. The predicted octanol–water partition coefficient (Wildman–Crippen LogP) is 3.38. The van der Waals surface area contributed by atoms with Crippen LogP contribution in [0.2, 0.25) is 0 Å². The van der Waals surface area contributed by atoms with Crippen molar-refractivity contribution in [2.45, 2.75) is 45.6 Å². The highest BCUT2D eigenvalue weighted by molar-refractivity contribution is 5.48. The molecule has 23 heavy (non-hydrogen) atoms. The van der Waals surface area contributed by atoms with Crippen molar-refractivity contribution >= 4 is 5.69 Å². The molecule has 0 aliphatic carbocycles. The molecule has 3 nitrogen and oxygen atoms in total. The zero-order valence-corrected chi connectivity index (χ0v) is 15.0. The lowest BCUT2D eigenvalue weighted by molar-refractivity contribution is 0.157. The third-order valence-electron chi connectivity index (χ3n) is 5.57. The van der Waals surface area contributed by atoms with Gasteiger partial charge in [0.2, 0.25) is 0 Å². The van der Waals surface area contributed by atoms with E-state index in [4.69, 9.17) is 0 Å². The first-order valence-electron chi connectivity index (χ1n) is 9.50.